The summed E-state index contributed by atoms with van der Waals surface area (Å²) < 4.78 is 5.66. The first kappa shape index (κ1) is 18.0. The molecule has 128 valence electrons. The van der Waals surface area contributed by atoms with Crippen LogP contribution in [0.15, 0.2) is 24.3 Å². The summed E-state index contributed by atoms with van der Waals surface area (Å²) in [5.41, 5.74) is -0.637. The Kier molecular flexibility index (Phi) is 5.89. The molecule has 2 rings (SSSR count). The van der Waals surface area contributed by atoms with E-state index in [-0.39, 0.29) is 30.8 Å². The third kappa shape index (κ3) is 5.09. The average molecular weight is 341 g/mol. The summed E-state index contributed by atoms with van der Waals surface area (Å²) in [6.45, 7) is 5.72. The molecule has 23 heavy (non-hydrogen) atoms. The molecule has 2 amide bonds. The van der Waals surface area contributed by atoms with Crippen molar-refractivity contribution in [3.05, 3.63) is 34.9 Å². The lowest BCUT2D eigenvalue weighted by molar-refractivity contribution is -0.0403. The van der Waals surface area contributed by atoms with Crippen molar-refractivity contribution in [1.82, 2.24) is 10.6 Å². The lowest BCUT2D eigenvalue weighted by Crippen LogP contribution is -2.50. The number of carbonyl (C=O) groups is 1. The number of aliphatic hydroxyl groups is 1. The monoisotopic (exact) mass is 340 g/mol. The van der Waals surface area contributed by atoms with Gasteiger partial charge in [0.1, 0.15) is 5.60 Å². The van der Waals surface area contributed by atoms with Gasteiger partial charge < -0.3 is 20.5 Å². The predicted octanol–water partition coefficient (Wildman–Crippen LogP) is 2.80. The second-order valence-corrected chi connectivity index (χ2v) is 6.91. The molecule has 4 atom stereocenters. The molecule has 1 aliphatic heterocycles. The van der Waals surface area contributed by atoms with Gasteiger partial charge in [-0.3, -0.25) is 0 Å². The highest BCUT2D eigenvalue weighted by Gasteiger charge is 2.28. The first-order valence-corrected chi connectivity index (χ1v) is 8.33. The zero-order valence-corrected chi connectivity index (χ0v) is 14.6. The number of rotatable bonds is 4. The summed E-state index contributed by atoms with van der Waals surface area (Å²) in [4.78, 5) is 12.1. The second kappa shape index (κ2) is 7.51. The molecular weight excluding hydrogens is 316 g/mol. The standard InChI is InChI=1S/C17H25ClN2O3/c1-11-8-13(9-12(2)23-11)20-16(21)19-10-17(3,22)14-6-4-5-7-15(14)18/h4-7,11-13,22H,8-10H2,1-3H3,(H2,19,20,21)/t11-,12+,13?,17-/m1/s1. The molecule has 1 heterocycles. The lowest BCUT2D eigenvalue weighted by Gasteiger charge is -2.33. The molecule has 1 unspecified atom stereocenters. The van der Waals surface area contributed by atoms with Crippen LogP contribution in [0.3, 0.4) is 0 Å². The summed E-state index contributed by atoms with van der Waals surface area (Å²) >= 11 is 6.11. The quantitative estimate of drug-likeness (QED) is 0.789. The molecule has 6 heteroatoms. The molecule has 0 aromatic heterocycles. The Morgan fingerprint density at radius 2 is 1.96 bits per heavy atom. The van der Waals surface area contributed by atoms with E-state index in [0.29, 0.717) is 10.6 Å². The normalized spacial score (nSPS) is 27.1. The Morgan fingerprint density at radius 1 is 1.35 bits per heavy atom. The van der Waals surface area contributed by atoms with Crippen LogP contribution in [-0.4, -0.2) is 35.9 Å². The minimum atomic E-state index is -1.23. The van der Waals surface area contributed by atoms with Gasteiger partial charge in [0.15, 0.2) is 0 Å². The number of hydrogen-bond acceptors (Lipinski definition) is 3. The van der Waals surface area contributed by atoms with Gasteiger partial charge in [-0.25, -0.2) is 4.79 Å². The van der Waals surface area contributed by atoms with Crippen LogP contribution in [0.4, 0.5) is 4.79 Å². The minimum Gasteiger partial charge on any atom is -0.384 e. The van der Waals surface area contributed by atoms with Gasteiger partial charge in [-0.15, -0.1) is 0 Å². The fourth-order valence-corrected chi connectivity index (χ4v) is 3.34. The van der Waals surface area contributed by atoms with E-state index in [1.165, 1.54) is 0 Å². The Bertz CT molecular complexity index is 540. The lowest BCUT2D eigenvalue weighted by atomic mass is 9.96. The predicted molar refractivity (Wildman–Crippen MR) is 90.6 cm³/mol. The number of carbonyl (C=O) groups excluding carboxylic acids is 1. The van der Waals surface area contributed by atoms with Gasteiger partial charge in [0, 0.05) is 16.6 Å². The van der Waals surface area contributed by atoms with Crippen LogP contribution in [0.1, 0.15) is 39.2 Å². The maximum absolute atomic E-state index is 12.1. The van der Waals surface area contributed by atoms with Crippen molar-refractivity contribution >= 4 is 17.6 Å². The van der Waals surface area contributed by atoms with Crippen molar-refractivity contribution in [3.8, 4) is 0 Å². The van der Waals surface area contributed by atoms with Crippen LogP contribution in [0.5, 0.6) is 0 Å². The van der Waals surface area contributed by atoms with Crippen molar-refractivity contribution in [2.75, 3.05) is 6.54 Å². The van der Waals surface area contributed by atoms with Crippen molar-refractivity contribution in [1.29, 1.82) is 0 Å². The van der Waals surface area contributed by atoms with E-state index in [0.717, 1.165) is 12.8 Å². The van der Waals surface area contributed by atoms with Gasteiger partial charge in [-0.05, 0) is 39.7 Å². The molecule has 0 aliphatic carbocycles. The van der Waals surface area contributed by atoms with E-state index < -0.39 is 5.60 Å². The van der Waals surface area contributed by atoms with Crippen molar-refractivity contribution < 1.29 is 14.6 Å². The maximum Gasteiger partial charge on any atom is 0.315 e. The molecule has 1 aromatic carbocycles. The summed E-state index contributed by atoms with van der Waals surface area (Å²) in [5, 5.41) is 16.7. The molecule has 3 N–H and O–H groups in total. The van der Waals surface area contributed by atoms with Crippen LogP contribution in [-0.2, 0) is 10.3 Å². The van der Waals surface area contributed by atoms with Crippen molar-refractivity contribution in [2.24, 2.45) is 0 Å². The summed E-state index contributed by atoms with van der Waals surface area (Å²) in [7, 11) is 0. The van der Waals surface area contributed by atoms with E-state index >= 15 is 0 Å². The topological polar surface area (TPSA) is 70.6 Å². The first-order chi connectivity index (χ1) is 10.8. The van der Waals surface area contributed by atoms with Gasteiger partial charge in [-0.2, -0.15) is 0 Å². The highest BCUT2D eigenvalue weighted by molar-refractivity contribution is 6.31. The smallest absolute Gasteiger partial charge is 0.315 e. The second-order valence-electron chi connectivity index (χ2n) is 6.51. The average Bonchev–Trinajstić information content (AvgIpc) is 2.44. The van der Waals surface area contributed by atoms with Gasteiger partial charge in [0.05, 0.1) is 18.8 Å². The number of hydrogen-bond donors (Lipinski definition) is 3. The third-order valence-electron chi connectivity index (χ3n) is 4.08. The van der Waals surface area contributed by atoms with Gasteiger partial charge >= 0.3 is 6.03 Å². The Hall–Kier alpha value is -1.30. The zero-order valence-electron chi connectivity index (χ0n) is 13.8. The molecule has 1 aromatic rings. The number of benzene rings is 1. The van der Waals surface area contributed by atoms with Crippen LogP contribution in [0.25, 0.3) is 0 Å². The van der Waals surface area contributed by atoms with E-state index in [2.05, 4.69) is 10.6 Å². The van der Waals surface area contributed by atoms with Crippen LogP contribution >= 0.6 is 11.6 Å². The summed E-state index contributed by atoms with van der Waals surface area (Å²) in [5.74, 6) is 0. The van der Waals surface area contributed by atoms with Gasteiger partial charge in [0.2, 0.25) is 0 Å². The summed E-state index contributed by atoms with van der Waals surface area (Å²) in [6.07, 6.45) is 1.85. The number of amides is 2. The van der Waals surface area contributed by atoms with Gasteiger partial charge in [0.25, 0.3) is 0 Å². The summed E-state index contributed by atoms with van der Waals surface area (Å²) in [6, 6.07) is 6.87. The number of nitrogens with one attached hydrogen (secondary N) is 2. The van der Waals surface area contributed by atoms with E-state index in [9.17, 15) is 9.90 Å². The van der Waals surface area contributed by atoms with Gasteiger partial charge in [-0.1, -0.05) is 29.8 Å². The Morgan fingerprint density at radius 3 is 2.57 bits per heavy atom. The van der Waals surface area contributed by atoms with Crippen LogP contribution < -0.4 is 10.6 Å². The fraction of sp³-hybridized carbons (Fsp3) is 0.588. The largest absolute Gasteiger partial charge is 0.384 e. The van der Waals surface area contributed by atoms with E-state index in [1.807, 2.05) is 13.8 Å². The molecule has 0 bridgehead atoms. The number of urea groups is 1. The highest BCUT2D eigenvalue weighted by Crippen LogP contribution is 2.27. The fourth-order valence-electron chi connectivity index (χ4n) is 3.01. The minimum absolute atomic E-state index is 0.0803. The zero-order chi connectivity index (χ0) is 17.0. The maximum atomic E-state index is 12.1. The molecule has 0 saturated carbocycles. The van der Waals surface area contributed by atoms with Crippen LogP contribution in [0.2, 0.25) is 5.02 Å². The first-order valence-electron chi connectivity index (χ1n) is 7.95. The third-order valence-corrected chi connectivity index (χ3v) is 4.41. The van der Waals surface area contributed by atoms with E-state index in [4.69, 9.17) is 16.3 Å². The highest BCUT2D eigenvalue weighted by atomic mass is 35.5. The molecule has 0 radical (unpaired) electrons. The number of halogens is 1. The molecular formula is C17H25ClN2O3. The van der Waals surface area contributed by atoms with Crippen molar-refractivity contribution in [3.63, 3.8) is 0 Å². The molecule has 5 nitrogen and oxygen atoms in total. The van der Waals surface area contributed by atoms with Crippen molar-refractivity contribution in [2.45, 2.75) is 57.5 Å². The SMILES string of the molecule is C[C@@H]1CC(NC(=O)NC[C@@](C)(O)c2ccccc2Cl)C[C@H](C)O1. The molecule has 1 fully saturated rings. The molecule has 1 aliphatic rings. The Labute approximate surface area is 142 Å². The van der Waals surface area contributed by atoms with Crippen LogP contribution in [0, 0.1) is 0 Å². The molecule has 0 spiro atoms. The number of ether oxygens (including phenoxy) is 1. The van der Waals surface area contributed by atoms with E-state index in [1.54, 1.807) is 31.2 Å². The Balaban J connectivity index is 1.87. The molecule has 1 saturated heterocycles.